The lowest BCUT2D eigenvalue weighted by Gasteiger charge is -2.34. The standard InChI is InChI=1S/C9H22O4Si/c1-6-9(10-4,11-5)14(12-7-2)13-8-3/h14H,6-8H2,1-5H3. The van der Waals surface area contributed by atoms with Gasteiger partial charge in [0.1, 0.15) is 0 Å². The van der Waals surface area contributed by atoms with Crippen LogP contribution in [0.5, 0.6) is 0 Å². The lowest BCUT2D eigenvalue weighted by molar-refractivity contribution is -0.170. The summed E-state index contributed by atoms with van der Waals surface area (Å²) in [4.78, 5) is 0. The molecule has 0 aromatic carbocycles. The first kappa shape index (κ1) is 14.1. The Morgan fingerprint density at radius 1 is 0.929 bits per heavy atom. The zero-order valence-corrected chi connectivity index (χ0v) is 11.0. The minimum Gasteiger partial charge on any atom is -0.394 e. The Morgan fingerprint density at radius 3 is 1.57 bits per heavy atom. The Balaban J connectivity index is 4.52. The van der Waals surface area contributed by atoms with Crippen molar-refractivity contribution in [2.75, 3.05) is 27.4 Å². The maximum Gasteiger partial charge on any atom is 0.383 e. The van der Waals surface area contributed by atoms with E-state index < -0.39 is 14.7 Å². The van der Waals surface area contributed by atoms with E-state index in [1.807, 2.05) is 20.8 Å². The molecule has 0 bridgehead atoms. The highest BCUT2D eigenvalue weighted by atomic mass is 28.3. The second-order valence-electron chi connectivity index (χ2n) is 2.82. The minimum atomic E-state index is -1.93. The van der Waals surface area contributed by atoms with Crippen LogP contribution < -0.4 is 0 Å². The predicted molar refractivity (Wildman–Crippen MR) is 57.4 cm³/mol. The Bertz CT molecular complexity index is 125. The summed E-state index contributed by atoms with van der Waals surface area (Å²) < 4.78 is 22.0. The molecule has 0 aromatic heterocycles. The average Bonchev–Trinajstić information content (AvgIpc) is 2.22. The Kier molecular flexibility index (Phi) is 7.39. The fourth-order valence-corrected chi connectivity index (χ4v) is 3.26. The molecule has 0 amide bonds. The Hall–Kier alpha value is 0.0569. The van der Waals surface area contributed by atoms with Crippen LogP contribution in [0.25, 0.3) is 0 Å². The molecule has 0 heterocycles. The van der Waals surface area contributed by atoms with Crippen molar-refractivity contribution in [2.24, 2.45) is 0 Å². The van der Waals surface area contributed by atoms with Crippen molar-refractivity contribution < 1.29 is 18.3 Å². The average molecular weight is 222 g/mol. The van der Waals surface area contributed by atoms with Gasteiger partial charge in [0.2, 0.25) is 5.41 Å². The van der Waals surface area contributed by atoms with Crippen LogP contribution in [0.1, 0.15) is 27.2 Å². The molecule has 0 spiro atoms. The van der Waals surface area contributed by atoms with Crippen LogP contribution in [-0.2, 0) is 18.3 Å². The van der Waals surface area contributed by atoms with Gasteiger partial charge in [-0.25, -0.2) is 0 Å². The third kappa shape index (κ3) is 3.32. The number of rotatable bonds is 8. The SMILES string of the molecule is CCO[SiH](OCC)C(CC)(OC)OC. The molecule has 0 aliphatic carbocycles. The lowest BCUT2D eigenvalue weighted by Crippen LogP contribution is -2.52. The molecule has 0 fully saturated rings. The summed E-state index contributed by atoms with van der Waals surface area (Å²) in [5, 5.41) is 0. The highest BCUT2D eigenvalue weighted by Gasteiger charge is 2.42. The van der Waals surface area contributed by atoms with Crippen molar-refractivity contribution in [1.29, 1.82) is 0 Å². The third-order valence-electron chi connectivity index (χ3n) is 2.18. The first-order chi connectivity index (χ1) is 6.70. The number of hydrogen-bond donors (Lipinski definition) is 0. The van der Waals surface area contributed by atoms with E-state index in [0.29, 0.717) is 13.2 Å². The second kappa shape index (κ2) is 7.36. The smallest absolute Gasteiger partial charge is 0.383 e. The van der Waals surface area contributed by atoms with E-state index in [0.717, 1.165) is 6.42 Å². The molecule has 4 nitrogen and oxygen atoms in total. The Labute approximate surface area is 88.3 Å². The van der Waals surface area contributed by atoms with E-state index in [9.17, 15) is 0 Å². The topological polar surface area (TPSA) is 36.9 Å². The fourth-order valence-electron chi connectivity index (χ4n) is 1.34. The van der Waals surface area contributed by atoms with E-state index in [1.54, 1.807) is 14.2 Å². The zero-order valence-electron chi connectivity index (χ0n) is 9.83. The molecule has 5 heteroatoms. The van der Waals surface area contributed by atoms with E-state index in [4.69, 9.17) is 18.3 Å². The van der Waals surface area contributed by atoms with Crippen molar-refractivity contribution >= 4 is 9.28 Å². The van der Waals surface area contributed by atoms with E-state index in [2.05, 4.69) is 0 Å². The molecule has 0 saturated heterocycles. The molecule has 0 rings (SSSR count). The maximum atomic E-state index is 5.59. The van der Waals surface area contributed by atoms with Crippen LogP contribution in [0.15, 0.2) is 0 Å². The fraction of sp³-hybridized carbons (Fsp3) is 1.00. The van der Waals surface area contributed by atoms with Crippen LogP contribution >= 0.6 is 0 Å². The van der Waals surface area contributed by atoms with Gasteiger partial charge in [-0.2, -0.15) is 0 Å². The largest absolute Gasteiger partial charge is 0.394 e. The highest BCUT2D eigenvalue weighted by Crippen LogP contribution is 2.21. The molecule has 0 unspecified atom stereocenters. The first-order valence-electron chi connectivity index (χ1n) is 5.04. The van der Waals surface area contributed by atoms with E-state index in [-0.39, 0.29) is 0 Å². The summed E-state index contributed by atoms with van der Waals surface area (Å²) in [7, 11) is 1.33. The second-order valence-corrected chi connectivity index (χ2v) is 5.03. The van der Waals surface area contributed by atoms with Gasteiger partial charge in [-0.3, -0.25) is 0 Å². The zero-order chi connectivity index (χ0) is 11.0. The van der Waals surface area contributed by atoms with Gasteiger partial charge in [0.25, 0.3) is 0 Å². The summed E-state index contributed by atoms with van der Waals surface area (Å²) in [6, 6.07) is 0. The normalized spacial score (nSPS) is 12.4. The lowest BCUT2D eigenvalue weighted by atomic mass is 10.5. The molecule has 0 radical (unpaired) electrons. The van der Waals surface area contributed by atoms with E-state index >= 15 is 0 Å². The van der Waals surface area contributed by atoms with Gasteiger partial charge in [0, 0.05) is 33.9 Å². The molecule has 0 aliphatic rings. The predicted octanol–water partition coefficient (Wildman–Crippen LogP) is 1.22. The minimum absolute atomic E-state index is 0.630. The molecule has 0 N–H and O–H groups in total. The molecular weight excluding hydrogens is 200 g/mol. The monoisotopic (exact) mass is 222 g/mol. The quantitative estimate of drug-likeness (QED) is 0.457. The summed E-state index contributed by atoms with van der Waals surface area (Å²) >= 11 is 0. The molecule has 0 aliphatic heterocycles. The Morgan fingerprint density at radius 2 is 1.36 bits per heavy atom. The van der Waals surface area contributed by atoms with Crippen LogP contribution in [0.2, 0.25) is 0 Å². The van der Waals surface area contributed by atoms with Gasteiger partial charge in [0.05, 0.1) is 0 Å². The molecule has 86 valence electrons. The highest BCUT2D eigenvalue weighted by molar-refractivity contribution is 6.47. The van der Waals surface area contributed by atoms with Gasteiger partial charge < -0.3 is 18.3 Å². The van der Waals surface area contributed by atoms with Gasteiger partial charge in [-0.15, -0.1) is 0 Å². The number of hydrogen-bond acceptors (Lipinski definition) is 4. The summed E-state index contributed by atoms with van der Waals surface area (Å²) in [5.41, 5.74) is -0.661. The first-order valence-corrected chi connectivity index (χ1v) is 6.56. The molecular formula is C9H22O4Si. The van der Waals surface area contributed by atoms with Crippen molar-refractivity contribution in [2.45, 2.75) is 32.6 Å². The van der Waals surface area contributed by atoms with Crippen molar-refractivity contribution in [3.05, 3.63) is 0 Å². The van der Waals surface area contributed by atoms with E-state index in [1.165, 1.54) is 0 Å². The molecule has 0 saturated carbocycles. The van der Waals surface area contributed by atoms with Gasteiger partial charge in [-0.05, 0) is 13.8 Å². The summed E-state index contributed by atoms with van der Waals surface area (Å²) in [5.74, 6) is 0. The molecule has 0 atom stereocenters. The summed E-state index contributed by atoms with van der Waals surface area (Å²) in [6.07, 6.45) is 0.733. The van der Waals surface area contributed by atoms with Gasteiger partial charge in [0.15, 0.2) is 0 Å². The summed E-state index contributed by atoms with van der Waals surface area (Å²) in [6.45, 7) is 7.16. The van der Waals surface area contributed by atoms with Crippen molar-refractivity contribution in [1.82, 2.24) is 0 Å². The number of methoxy groups -OCH3 is 2. The van der Waals surface area contributed by atoms with Crippen molar-refractivity contribution in [3.8, 4) is 0 Å². The van der Waals surface area contributed by atoms with Gasteiger partial charge >= 0.3 is 9.28 Å². The van der Waals surface area contributed by atoms with Crippen LogP contribution in [-0.4, -0.2) is 42.1 Å². The molecule has 0 aromatic rings. The van der Waals surface area contributed by atoms with Crippen molar-refractivity contribution in [3.63, 3.8) is 0 Å². The third-order valence-corrected chi connectivity index (χ3v) is 5.05. The van der Waals surface area contributed by atoms with Crippen LogP contribution in [0.4, 0.5) is 0 Å². The molecule has 14 heavy (non-hydrogen) atoms. The van der Waals surface area contributed by atoms with Crippen LogP contribution in [0, 0.1) is 0 Å². The van der Waals surface area contributed by atoms with Crippen LogP contribution in [0.3, 0.4) is 0 Å². The number of ether oxygens (including phenoxy) is 2. The maximum absolute atomic E-state index is 5.59. The van der Waals surface area contributed by atoms with Gasteiger partial charge in [-0.1, -0.05) is 6.92 Å².